The average molecular weight is 316 g/mol. The molecule has 1 N–H and O–H groups in total. The number of nitrogens with one attached hydrogen (secondary N) is 1. The monoisotopic (exact) mass is 315 g/mol. The summed E-state index contributed by atoms with van der Waals surface area (Å²) in [5.74, 6) is -0.818. The van der Waals surface area contributed by atoms with Gasteiger partial charge in [-0.15, -0.1) is 11.3 Å². The number of halogens is 2. The Morgan fingerprint density at radius 3 is 2.80 bits per heavy atom. The van der Waals surface area contributed by atoms with Crippen LogP contribution in [-0.2, 0) is 0 Å². The van der Waals surface area contributed by atoms with Crippen LogP contribution in [0.1, 0.15) is 23.7 Å². The Morgan fingerprint density at radius 1 is 1.55 bits per heavy atom. The SMILES string of the molecule is Cc1csc(C(C)Nc2cc(Cl)c(F)cc2[N+](=O)[O-])n1. The van der Waals surface area contributed by atoms with Crippen molar-refractivity contribution in [3.8, 4) is 0 Å². The van der Waals surface area contributed by atoms with Crippen LogP contribution in [0.4, 0.5) is 15.8 Å². The molecule has 0 saturated carbocycles. The molecule has 1 atom stereocenters. The average Bonchev–Trinajstić information content (AvgIpc) is 2.80. The number of aryl methyl sites for hydroxylation is 1. The molecule has 2 aromatic rings. The number of nitro groups is 1. The Bertz CT molecular complexity index is 662. The number of nitro benzene ring substituents is 1. The second kappa shape index (κ2) is 5.72. The molecule has 0 saturated heterocycles. The Labute approximate surface area is 123 Å². The first-order valence-corrected chi connectivity index (χ1v) is 6.96. The topological polar surface area (TPSA) is 68.1 Å². The number of hydrogen-bond acceptors (Lipinski definition) is 5. The standard InChI is InChI=1S/C12H11ClFN3O2S/c1-6-5-20-12(15-6)7(2)16-10-3-8(13)9(14)4-11(10)17(18)19/h3-5,7,16H,1-2H3. The van der Waals surface area contributed by atoms with Gasteiger partial charge in [-0.1, -0.05) is 11.6 Å². The minimum atomic E-state index is -0.818. The van der Waals surface area contributed by atoms with E-state index in [9.17, 15) is 14.5 Å². The number of hydrogen-bond donors (Lipinski definition) is 1. The molecule has 5 nitrogen and oxygen atoms in total. The predicted molar refractivity (Wildman–Crippen MR) is 77.0 cm³/mol. The van der Waals surface area contributed by atoms with Crippen molar-refractivity contribution in [3.05, 3.63) is 49.2 Å². The van der Waals surface area contributed by atoms with Gasteiger partial charge in [0.2, 0.25) is 0 Å². The third-order valence-electron chi connectivity index (χ3n) is 2.61. The summed E-state index contributed by atoms with van der Waals surface area (Å²) in [7, 11) is 0. The molecule has 1 aromatic carbocycles. The Kier molecular flexibility index (Phi) is 4.20. The van der Waals surface area contributed by atoms with E-state index in [1.165, 1.54) is 17.4 Å². The molecule has 20 heavy (non-hydrogen) atoms. The molecule has 1 unspecified atom stereocenters. The first-order chi connectivity index (χ1) is 9.38. The maximum Gasteiger partial charge on any atom is 0.295 e. The third-order valence-corrected chi connectivity index (χ3v) is 4.05. The van der Waals surface area contributed by atoms with Gasteiger partial charge in [-0.2, -0.15) is 0 Å². The smallest absolute Gasteiger partial charge is 0.295 e. The molecule has 0 aliphatic heterocycles. The van der Waals surface area contributed by atoms with E-state index in [-0.39, 0.29) is 22.4 Å². The Morgan fingerprint density at radius 2 is 2.25 bits per heavy atom. The van der Waals surface area contributed by atoms with E-state index in [0.29, 0.717) is 0 Å². The molecule has 1 heterocycles. The van der Waals surface area contributed by atoms with Crippen molar-refractivity contribution < 1.29 is 9.31 Å². The van der Waals surface area contributed by atoms with Gasteiger partial charge in [-0.25, -0.2) is 9.37 Å². The number of aromatic nitrogens is 1. The highest BCUT2D eigenvalue weighted by Crippen LogP contribution is 2.33. The van der Waals surface area contributed by atoms with Crippen LogP contribution in [0.25, 0.3) is 0 Å². The van der Waals surface area contributed by atoms with Crippen molar-refractivity contribution in [2.75, 3.05) is 5.32 Å². The van der Waals surface area contributed by atoms with Crippen LogP contribution in [0.5, 0.6) is 0 Å². The van der Waals surface area contributed by atoms with Gasteiger partial charge >= 0.3 is 0 Å². The van der Waals surface area contributed by atoms with Crippen molar-refractivity contribution >= 4 is 34.3 Å². The predicted octanol–water partition coefficient (Wildman–Crippen LogP) is 4.33. The second-order valence-electron chi connectivity index (χ2n) is 4.23. The molecule has 1 aromatic heterocycles. The summed E-state index contributed by atoms with van der Waals surface area (Å²) in [6.45, 7) is 3.68. The molecule has 0 fully saturated rings. The normalized spacial score (nSPS) is 12.2. The zero-order chi connectivity index (χ0) is 14.9. The number of rotatable bonds is 4. The molecule has 0 aliphatic carbocycles. The number of nitrogens with zero attached hydrogens (tertiary/aromatic N) is 2. The zero-order valence-electron chi connectivity index (χ0n) is 10.7. The Balaban J connectivity index is 2.33. The summed E-state index contributed by atoms with van der Waals surface area (Å²) < 4.78 is 13.3. The van der Waals surface area contributed by atoms with Crippen LogP contribution in [0.3, 0.4) is 0 Å². The molecule has 106 valence electrons. The number of thiazole rings is 1. The lowest BCUT2D eigenvalue weighted by Crippen LogP contribution is -2.08. The molecule has 0 radical (unpaired) electrons. The van der Waals surface area contributed by atoms with Crippen molar-refractivity contribution in [2.45, 2.75) is 19.9 Å². The Hall–Kier alpha value is -1.73. The van der Waals surface area contributed by atoms with E-state index < -0.39 is 10.7 Å². The van der Waals surface area contributed by atoms with Crippen LogP contribution < -0.4 is 5.32 Å². The summed E-state index contributed by atoms with van der Waals surface area (Å²) in [6, 6.07) is 1.78. The molecule has 0 amide bonds. The number of anilines is 1. The van der Waals surface area contributed by atoms with Crippen molar-refractivity contribution in [2.24, 2.45) is 0 Å². The minimum Gasteiger partial charge on any atom is -0.370 e. The van der Waals surface area contributed by atoms with Crippen LogP contribution in [0, 0.1) is 22.9 Å². The fraction of sp³-hybridized carbons (Fsp3) is 0.250. The fourth-order valence-electron chi connectivity index (χ4n) is 1.67. The van der Waals surface area contributed by atoms with Gasteiger partial charge in [-0.3, -0.25) is 10.1 Å². The maximum absolute atomic E-state index is 13.3. The second-order valence-corrected chi connectivity index (χ2v) is 5.53. The molecule has 8 heteroatoms. The maximum atomic E-state index is 13.3. The first kappa shape index (κ1) is 14.7. The fourth-order valence-corrected chi connectivity index (χ4v) is 2.64. The highest BCUT2D eigenvalue weighted by atomic mass is 35.5. The van der Waals surface area contributed by atoms with Crippen LogP contribution in [0.2, 0.25) is 5.02 Å². The van der Waals surface area contributed by atoms with Gasteiger partial charge in [0.05, 0.1) is 22.1 Å². The largest absolute Gasteiger partial charge is 0.370 e. The molecule has 2 rings (SSSR count). The van der Waals surface area contributed by atoms with Crippen molar-refractivity contribution in [1.29, 1.82) is 0 Å². The van der Waals surface area contributed by atoms with Crippen molar-refractivity contribution in [1.82, 2.24) is 4.98 Å². The lowest BCUT2D eigenvalue weighted by molar-refractivity contribution is -0.384. The van der Waals surface area contributed by atoms with E-state index in [1.807, 2.05) is 19.2 Å². The van der Waals surface area contributed by atoms with Gasteiger partial charge < -0.3 is 5.32 Å². The van der Waals surface area contributed by atoms with Gasteiger partial charge in [0.25, 0.3) is 5.69 Å². The molecule has 0 aliphatic rings. The highest BCUT2D eigenvalue weighted by molar-refractivity contribution is 7.09. The first-order valence-electron chi connectivity index (χ1n) is 5.70. The quantitative estimate of drug-likeness (QED) is 0.673. The van der Waals surface area contributed by atoms with E-state index in [0.717, 1.165) is 16.8 Å². The van der Waals surface area contributed by atoms with E-state index in [2.05, 4.69) is 10.3 Å². The summed E-state index contributed by atoms with van der Waals surface area (Å²) in [6.07, 6.45) is 0. The van der Waals surface area contributed by atoms with Crippen LogP contribution >= 0.6 is 22.9 Å². The van der Waals surface area contributed by atoms with Crippen LogP contribution in [0.15, 0.2) is 17.5 Å². The van der Waals surface area contributed by atoms with Crippen LogP contribution in [-0.4, -0.2) is 9.91 Å². The molecular formula is C12H11ClFN3O2S. The molecule has 0 bridgehead atoms. The highest BCUT2D eigenvalue weighted by Gasteiger charge is 2.20. The lowest BCUT2D eigenvalue weighted by atomic mass is 10.2. The van der Waals surface area contributed by atoms with Gasteiger partial charge in [-0.05, 0) is 19.9 Å². The van der Waals surface area contributed by atoms with Crippen molar-refractivity contribution in [3.63, 3.8) is 0 Å². The molecular weight excluding hydrogens is 305 g/mol. The summed E-state index contributed by atoms with van der Waals surface area (Å²) in [4.78, 5) is 14.6. The summed E-state index contributed by atoms with van der Waals surface area (Å²) in [5.41, 5.74) is 0.694. The zero-order valence-corrected chi connectivity index (χ0v) is 12.3. The summed E-state index contributed by atoms with van der Waals surface area (Å²) >= 11 is 7.12. The number of benzene rings is 1. The molecule has 0 spiro atoms. The summed E-state index contributed by atoms with van der Waals surface area (Å²) in [5, 5.41) is 16.4. The van der Waals surface area contributed by atoms with E-state index >= 15 is 0 Å². The van der Waals surface area contributed by atoms with E-state index in [4.69, 9.17) is 11.6 Å². The van der Waals surface area contributed by atoms with Gasteiger partial charge in [0, 0.05) is 11.1 Å². The lowest BCUT2D eigenvalue weighted by Gasteiger charge is -2.13. The van der Waals surface area contributed by atoms with Gasteiger partial charge in [0.1, 0.15) is 16.5 Å². The van der Waals surface area contributed by atoms with E-state index in [1.54, 1.807) is 0 Å². The van der Waals surface area contributed by atoms with Gasteiger partial charge in [0.15, 0.2) is 0 Å². The minimum absolute atomic E-state index is 0.166. The third kappa shape index (κ3) is 3.05.